The van der Waals surface area contributed by atoms with E-state index >= 15 is 0 Å². The largest absolute Gasteiger partial charge is 0.245 e. The van der Waals surface area contributed by atoms with E-state index in [4.69, 9.17) is 4.94 Å². The molecule has 0 fully saturated rings. The van der Waals surface area contributed by atoms with Crippen LogP contribution in [0, 0.1) is 0 Å². The fourth-order valence-electron chi connectivity index (χ4n) is 0.687. The van der Waals surface area contributed by atoms with Gasteiger partial charge in [-0.1, -0.05) is 0 Å². The zero-order valence-corrected chi connectivity index (χ0v) is 4.61. The van der Waals surface area contributed by atoms with E-state index in [-0.39, 0.29) is 0 Å². The molecule has 46 valence electrons. The third-order valence-corrected chi connectivity index (χ3v) is 1.09. The maximum Gasteiger partial charge on any atom is 0.111 e. The van der Waals surface area contributed by atoms with Gasteiger partial charge in [0.25, 0.3) is 0 Å². The molecule has 0 atom stereocenters. The second-order valence-electron chi connectivity index (χ2n) is 1.67. The highest BCUT2D eigenvalue weighted by Crippen LogP contribution is 2.12. The van der Waals surface area contributed by atoms with E-state index < -0.39 is 0 Å². The van der Waals surface area contributed by atoms with Crippen LogP contribution >= 0.6 is 0 Å². The summed E-state index contributed by atoms with van der Waals surface area (Å²) in [6, 6.07) is 0. The molecular weight excluding hydrogens is 118 g/mol. The lowest BCUT2D eigenvalue weighted by atomic mass is 10.4. The van der Waals surface area contributed by atoms with Crippen molar-refractivity contribution in [2.75, 3.05) is 0 Å². The summed E-state index contributed by atoms with van der Waals surface area (Å²) in [5, 5.41) is 5.26. The Labute approximate surface area is 52.0 Å². The number of fused-ring (bicyclic) bond motifs is 1. The molecule has 0 aromatic rings. The predicted octanol–water partition coefficient (Wildman–Crippen LogP) is 0.135. The highest BCUT2D eigenvalue weighted by atomic mass is 16.8. The molecule has 0 aromatic carbocycles. The van der Waals surface area contributed by atoms with Crippen molar-refractivity contribution < 1.29 is 4.94 Å². The number of rotatable bonds is 0. The first kappa shape index (κ1) is 4.58. The Hall–Kier alpha value is -1.29. The molecular formula is C5H5N3O. The third-order valence-electron chi connectivity index (χ3n) is 1.09. The van der Waals surface area contributed by atoms with Crippen molar-refractivity contribution in [1.82, 2.24) is 10.7 Å². The molecule has 0 aromatic heterocycles. The van der Waals surface area contributed by atoms with Crippen molar-refractivity contribution in [3.8, 4) is 0 Å². The molecule has 0 saturated carbocycles. The van der Waals surface area contributed by atoms with Crippen LogP contribution in [0.25, 0.3) is 0 Å². The number of nitrogens with zero attached hydrogens (tertiary/aromatic N) is 2. The van der Waals surface area contributed by atoms with Crippen molar-refractivity contribution >= 4 is 6.21 Å². The number of nitrogens with one attached hydrogen (secondary N) is 1. The van der Waals surface area contributed by atoms with Crippen molar-refractivity contribution in [1.29, 1.82) is 0 Å². The van der Waals surface area contributed by atoms with Gasteiger partial charge < -0.3 is 0 Å². The van der Waals surface area contributed by atoms with Crippen LogP contribution < -0.4 is 5.48 Å². The Morgan fingerprint density at radius 2 is 2.67 bits per heavy atom. The predicted molar refractivity (Wildman–Crippen MR) is 31.8 cm³/mol. The molecule has 9 heavy (non-hydrogen) atoms. The van der Waals surface area contributed by atoms with Gasteiger partial charge in [0, 0.05) is 0 Å². The number of hydrazone groups is 1. The lowest BCUT2D eigenvalue weighted by molar-refractivity contribution is -0.147. The minimum absolute atomic E-state index is 0.914. The maximum atomic E-state index is 4.80. The van der Waals surface area contributed by atoms with Gasteiger partial charge in [-0.2, -0.15) is 5.10 Å². The van der Waals surface area contributed by atoms with Crippen molar-refractivity contribution in [3.63, 3.8) is 0 Å². The fraction of sp³-hybridized carbons (Fsp3) is 0. The van der Waals surface area contributed by atoms with Crippen LogP contribution in [0.4, 0.5) is 0 Å². The highest BCUT2D eigenvalue weighted by Gasteiger charge is 2.13. The second kappa shape index (κ2) is 1.60. The van der Waals surface area contributed by atoms with E-state index in [0.29, 0.717) is 0 Å². The zero-order chi connectivity index (χ0) is 6.10. The van der Waals surface area contributed by atoms with Gasteiger partial charge in [0.1, 0.15) is 5.70 Å². The van der Waals surface area contributed by atoms with Gasteiger partial charge in [0.2, 0.25) is 0 Å². The van der Waals surface area contributed by atoms with E-state index in [9.17, 15) is 0 Å². The molecule has 0 unspecified atom stereocenters. The lowest BCUT2D eigenvalue weighted by Crippen LogP contribution is -2.15. The van der Waals surface area contributed by atoms with Gasteiger partial charge in [0.05, 0.1) is 12.4 Å². The van der Waals surface area contributed by atoms with E-state index in [0.717, 1.165) is 5.70 Å². The van der Waals surface area contributed by atoms with Gasteiger partial charge in [-0.3, -0.25) is 0 Å². The summed E-state index contributed by atoms with van der Waals surface area (Å²) in [5.41, 5.74) is 3.48. The fourth-order valence-corrected chi connectivity index (χ4v) is 0.687. The minimum atomic E-state index is 0.914. The standard InChI is InChI=1S/C5H5N3O/c1-2-5-4-7-9-8(5)6-3-1/h1-4,7H. The Morgan fingerprint density at radius 3 is 3.56 bits per heavy atom. The van der Waals surface area contributed by atoms with Crippen LogP contribution in [0.3, 0.4) is 0 Å². The maximum absolute atomic E-state index is 4.80. The van der Waals surface area contributed by atoms with E-state index in [1.807, 2.05) is 12.2 Å². The monoisotopic (exact) mass is 123 g/mol. The average molecular weight is 123 g/mol. The molecule has 0 radical (unpaired) electrons. The highest BCUT2D eigenvalue weighted by molar-refractivity contribution is 5.72. The Balaban J connectivity index is 2.33. The van der Waals surface area contributed by atoms with Crippen LogP contribution in [0.2, 0.25) is 0 Å². The van der Waals surface area contributed by atoms with Gasteiger partial charge in [-0.15, -0.1) is 10.1 Å². The molecule has 0 amide bonds. The lowest BCUT2D eigenvalue weighted by Gasteiger charge is -2.10. The van der Waals surface area contributed by atoms with Crippen LogP contribution in [0.1, 0.15) is 0 Å². The zero-order valence-electron chi connectivity index (χ0n) is 4.61. The van der Waals surface area contributed by atoms with Crippen LogP contribution in [-0.4, -0.2) is 11.4 Å². The molecule has 2 aliphatic heterocycles. The molecule has 0 aliphatic carbocycles. The summed E-state index contributed by atoms with van der Waals surface area (Å²) in [6.07, 6.45) is 7.13. The molecule has 1 N–H and O–H groups in total. The summed E-state index contributed by atoms with van der Waals surface area (Å²) < 4.78 is 0. The smallest absolute Gasteiger partial charge is 0.111 e. The summed E-state index contributed by atoms with van der Waals surface area (Å²) in [7, 11) is 0. The molecule has 2 rings (SSSR count). The number of hydroxylamine groups is 2. The first-order chi connectivity index (χ1) is 4.47. The SMILES string of the molecule is C1=CC2=CNON2N=C1. The Morgan fingerprint density at radius 1 is 1.67 bits per heavy atom. The number of allylic oxidation sites excluding steroid dienone is 2. The molecule has 2 heterocycles. The normalized spacial score (nSPS) is 21.3. The molecule has 2 aliphatic rings. The third kappa shape index (κ3) is 0.603. The number of hydrogen-bond donors (Lipinski definition) is 1. The van der Waals surface area contributed by atoms with E-state index in [1.165, 1.54) is 5.17 Å². The van der Waals surface area contributed by atoms with Crippen molar-refractivity contribution in [2.45, 2.75) is 0 Å². The van der Waals surface area contributed by atoms with Gasteiger partial charge in [0.15, 0.2) is 0 Å². The summed E-state index contributed by atoms with van der Waals surface area (Å²) in [6.45, 7) is 0. The summed E-state index contributed by atoms with van der Waals surface area (Å²) in [5.74, 6) is 0. The first-order valence-corrected chi connectivity index (χ1v) is 2.60. The van der Waals surface area contributed by atoms with Gasteiger partial charge in [-0.25, -0.2) is 5.48 Å². The topological polar surface area (TPSA) is 36.9 Å². The average Bonchev–Trinajstić information content (AvgIpc) is 2.33. The summed E-state index contributed by atoms with van der Waals surface area (Å²) >= 11 is 0. The molecule has 0 bridgehead atoms. The molecule has 0 spiro atoms. The molecule has 4 nitrogen and oxygen atoms in total. The van der Waals surface area contributed by atoms with E-state index in [1.54, 1.807) is 12.4 Å². The first-order valence-electron chi connectivity index (χ1n) is 2.60. The Bertz CT molecular complexity index is 203. The van der Waals surface area contributed by atoms with Crippen molar-refractivity contribution in [3.05, 3.63) is 24.0 Å². The van der Waals surface area contributed by atoms with Crippen molar-refractivity contribution in [2.24, 2.45) is 5.10 Å². The van der Waals surface area contributed by atoms with Gasteiger partial charge >= 0.3 is 0 Å². The van der Waals surface area contributed by atoms with Crippen LogP contribution in [0.5, 0.6) is 0 Å². The minimum Gasteiger partial charge on any atom is -0.245 e. The van der Waals surface area contributed by atoms with Gasteiger partial charge in [-0.05, 0) is 12.2 Å². The van der Waals surface area contributed by atoms with Crippen LogP contribution in [0.15, 0.2) is 29.2 Å². The van der Waals surface area contributed by atoms with E-state index in [2.05, 4.69) is 10.6 Å². The molecule has 4 heteroatoms. The molecule has 0 saturated heterocycles. The second-order valence-corrected chi connectivity index (χ2v) is 1.67. The number of hydrogen-bond acceptors (Lipinski definition) is 4. The summed E-state index contributed by atoms with van der Waals surface area (Å²) in [4.78, 5) is 4.80. The Kier molecular flexibility index (Phi) is 0.811. The van der Waals surface area contributed by atoms with Crippen LogP contribution in [-0.2, 0) is 4.94 Å². The quantitative estimate of drug-likeness (QED) is 0.497.